The first-order valence-corrected chi connectivity index (χ1v) is 10.8. The van der Waals surface area contributed by atoms with Crippen molar-refractivity contribution in [2.45, 2.75) is 25.2 Å². The van der Waals surface area contributed by atoms with Crippen molar-refractivity contribution in [3.63, 3.8) is 0 Å². The number of aromatic nitrogens is 3. The van der Waals surface area contributed by atoms with E-state index in [4.69, 9.17) is 4.42 Å². The predicted molar refractivity (Wildman–Crippen MR) is 120 cm³/mol. The summed E-state index contributed by atoms with van der Waals surface area (Å²) in [6.45, 7) is 1.92. The molecule has 31 heavy (non-hydrogen) atoms. The second kappa shape index (κ2) is 7.17. The smallest absolute Gasteiger partial charge is 0.200 e. The maximum absolute atomic E-state index is 13.3. The number of benzene rings is 2. The maximum atomic E-state index is 13.3. The van der Waals surface area contributed by atoms with Crippen molar-refractivity contribution in [2.24, 2.45) is 13.0 Å². The molecule has 7 heteroatoms. The van der Waals surface area contributed by atoms with Gasteiger partial charge in [-0.15, -0.1) is 10.2 Å². The molecule has 4 aromatic rings. The number of halogens is 1. The SMILES string of the molecule is Cc1cc(Br)cc2c(=O)c(-c3cccc(C4(c5nncn5C)CC(C#N)C4)c3)coc12. The van der Waals surface area contributed by atoms with Crippen molar-refractivity contribution in [2.75, 3.05) is 0 Å². The molecule has 154 valence electrons. The molecule has 0 N–H and O–H groups in total. The summed E-state index contributed by atoms with van der Waals surface area (Å²) in [5, 5.41) is 18.3. The van der Waals surface area contributed by atoms with Gasteiger partial charge in [0, 0.05) is 17.4 Å². The van der Waals surface area contributed by atoms with Crippen LogP contribution in [0.5, 0.6) is 0 Å². The van der Waals surface area contributed by atoms with Gasteiger partial charge in [-0.25, -0.2) is 0 Å². The minimum atomic E-state index is -0.391. The fraction of sp³-hybridized carbons (Fsp3) is 0.250. The highest BCUT2D eigenvalue weighted by Crippen LogP contribution is 2.51. The van der Waals surface area contributed by atoms with Crippen molar-refractivity contribution in [3.8, 4) is 17.2 Å². The Kier molecular flexibility index (Phi) is 4.56. The van der Waals surface area contributed by atoms with E-state index in [0.717, 1.165) is 27.0 Å². The summed E-state index contributed by atoms with van der Waals surface area (Å²) < 4.78 is 8.61. The Bertz CT molecular complexity index is 1420. The number of aryl methyl sites for hydroxylation is 2. The molecule has 0 bridgehead atoms. The molecular weight excluding hydrogens is 456 g/mol. The van der Waals surface area contributed by atoms with Gasteiger partial charge in [0.25, 0.3) is 0 Å². The fourth-order valence-electron chi connectivity index (χ4n) is 4.69. The molecule has 0 aliphatic heterocycles. The molecule has 2 heterocycles. The third-order valence-electron chi connectivity index (χ3n) is 6.26. The summed E-state index contributed by atoms with van der Waals surface area (Å²) in [5.41, 5.74) is 3.36. The molecular formula is C24H19BrN4O2. The molecule has 2 aromatic heterocycles. The van der Waals surface area contributed by atoms with Gasteiger partial charge in [-0.2, -0.15) is 5.26 Å². The summed E-state index contributed by atoms with van der Waals surface area (Å²) in [6.07, 6.45) is 4.58. The van der Waals surface area contributed by atoms with E-state index < -0.39 is 5.41 Å². The van der Waals surface area contributed by atoms with Crippen LogP contribution in [0.15, 0.2) is 62.7 Å². The molecule has 1 aliphatic carbocycles. The average molecular weight is 475 g/mol. The van der Waals surface area contributed by atoms with Crippen LogP contribution in [0.4, 0.5) is 0 Å². The van der Waals surface area contributed by atoms with Crippen LogP contribution >= 0.6 is 15.9 Å². The Hall–Kier alpha value is -3.24. The Morgan fingerprint density at radius 3 is 2.81 bits per heavy atom. The highest BCUT2D eigenvalue weighted by molar-refractivity contribution is 9.10. The molecule has 6 nitrogen and oxygen atoms in total. The van der Waals surface area contributed by atoms with Crippen molar-refractivity contribution < 1.29 is 4.42 Å². The molecule has 1 saturated carbocycles. The van der Waals surface area contributed by atoms with Crippen LogP contribution in [0.25, 0.3) is 22.1 Å². The van der Waals surface area contributed by atoms with Gasteiger partial charge in [0.2, 0.25) is 5.43 Å². The minimum absolute atomic E-state index is 0.0218. The third-order valence-corrected chi connectivity index (χ3v) is 6.72. The Labute approximate surface area is 187 Å². The van der Waals surface area contributed by atoms with Gasteiger partial charge in [-0.1, -0.05) is 34.1 Å². The topological polar surface area (TPSA) is 84.7 Å². The molecule has 2 aromatic carbocycles. The number of fused-ring (bicyclic) bond motifs is 1. The molecule has 0 unspecified atom stereocenters. The van der Waals surface area contributed by atoms with Crippen LogP contribution in [-0.4, -0.2) is 14.8 Å². The number of nitrogens with zero attached hydrogens (tertiary/aromatic N) is 4. The summed E-state index contributed by atoms with van der Waals surface area (Å²) in [6, 6.07) is 14.0. The second-order valence-electron chi connectivity index (χ2n) is 8.24. The van der Waals surface area contributed by atoms with Crippen LogP contribution < -0.4 is 5.43 Å². The van der Waals surface area contributed by atoms with Crippen LogP contribution in [0, 0.1) is 24.2 Å². The van der Waals surface area contributed by atoms with E-state index in [1.54, 1.807) is 18.7 Å². The van der Waals surface area contributed by atoms with Gasteiger partial charge in [-0.3, -0.25) is 4.79 Å². The van der Waals surface area contributed by atoms with Crippen molar-refractivity contribution in [1.82, 2.24) is 14.8 Å². The predicted octanol–water partition coefficient (Wildman–Crippen LogP) is 4.88. The lowest BCUT2D eigenvalue weighted by Crippen LogP contribution is -2.43. The van der Waals surface area contributed by atoms with E-state index in [1.165, 1.54) is 0 Å². The molecule has 0 saturated heterocycles. The van der Waals surface area contributed by atoms with Gasteiger partial charge >= 0.3 is 0 Å². The van der Waals surface area contributed by atoms with Crippen LogP contribution in [0.2, 0.25) is 0 Å². The first-order valence-electron chi connectivity index (χ1n) is 9.99. The van der Waals surface area contributed by atoms with Crippen molar-refractivity contribution >= 4 is 26.9 Å². The summed E-state index contributed by atoms with van der Waals surface area (Å²) in [5.74, 6) is 0.813. The second-order valence-corrected chi connectivity index (χ2v) is 9.16. The van der Waals surface area contributed by atoms with Gasteiger partial charge in [-0.05, 0) is 54.7 Å². The lowest BCUT2D eigenvalue weighted by atomic mass is 9.58. The number of nitriles is 1. The molecule has 1 aliphatic rings. The van der Waals surface area contributed by atoms with Crippen molar-refractivity contribution in [3.05, 3.63) is 80.6 Å². The van der Waals surface area contributed by atoms with E-state index >= 15 is 0 Å². The Morgan fingerprint density at radius 1 is 1.29 bits per heavy atom. The minimum Gasteiger partial charge on any atom is -0.463 e. The summed E-state index contributed by atoms with van der Waals surface area (Å²) in [7, 11) is 1.92. The van der Waals surface area contributed by atoms with E-state index in [9.17, 15) is 10.1 Å². The maximum Gasteiger partial charge on any atom is 0.200 e. The van der Waals surface area contributed by atoms with Crippen LogP contribution in [-0.2, 0) is 12.5 Å². The van der Waals surface area contributed by atoms with E-state index in [1.807, 2.05) is 48.9 Å². The zero-order valence-corrected chi connectivity index (χ0v) is 18.7. The summed E-state index contributed by atoms with van der Waals surface area (Å²) >= 11 is 3.47. The number of hydrogen-bond acceptors (Lipinski definition) is 5. The van der Waals surface area contributed by atoms with Gasteiger partial charge in [0.1, 0.15) is 24.0 Å². The average Bonchev–Trinajstić information content (AvgIpc) is 3.15. The highest BCUT2D eigenvalue weighted by Gasteiger charge is 2.50. The van der Waals surface area contributed by atoms with Crippen molar-refractivity contribution in [1.29, 1.82) is 5.26 Å². The number of rotatable bonds is 3. The quantitative estimate of drug-likeness (QED) is 0.422. The summed E-state index contributed by atoms with van der Waals surface area (Å²) in [4.78, 5) is 13.3. The monoisotopic (exact) mass is 474 g/mol. The van der Waals surface area contributed by atoms with Crippen LogP contribution in [0.1, 0.15) is 29.8 Å². The molecule has 0 spiro atoms. The van der Waals surface area contributed by atoms with E-state index in [-0.39, 0.29) is 11.3 Å². The molecule has 0 amide bonds. The Morgan fingerprint density at radius 2 is 2.10 bits per heavy atom. The molecule has 0 atom stereocenters. The lowest BCUT2D eigenvalue weighted by Gasteiger charge is -2.44. The normalized spacial score (nSPS) is 20.4. The molecule has 5 rings (SSSR count). The third kappa shape index (κ3) is 3.02. The Balaban J connectivity index is 1.66. The van der Waals surface area contributed by atoms with Gasteiger partial charge in [0.05, 0.1) is 22.4 Å². The van der Waals surface area contributed by atoms with Gasteiger partial charge in [0.15, 0.2) is 0 Å². The lowest BCUT2D eigenvalue weighted by molar-refractivity contribution is 0.215. The molecule has 0 radical (unpaired) electrons. The fourth-order valence-corrected chi connectivity index (χ4v) is 5.26. The first-order chi connectivity index (χ1) is 14.9. The largest absolute Gasteiger partial charge is 0.463 e. The zero-order chi connectivity index (χ0) is 21.8. The van der Waals surface area contributed by atoms with Gasteiger partial charge < -0.3 is 8.98 Å². The zero-order valence-electron chi connectivity index (χ0n) is 17.1. The van der Waals surface area contributed by atoms with E-state index in [2.05, 4.69) is 32.2 Å². The number of hydrogen-bond donors (Lipinski definition) is 0. The van der Waals surface area contributed by atoms with E-state index in [0.29, 0.717) is 29.4 Å². The molecule has 1 fully saturated rings. The highest BCUT2D eigenvalue weighted by atomic mass is 79.9. The van der Waals surface area contributed by atoms with Crippen LogP contribution in [0.3, 0.4) is 0 Å². The standard InChI is InChI=1S/C24H19BrN4O2/c1-14-6-18(25)8-19-21(30)20(12-31-22(14)19)16-4-3-5-17(7-16)24(9-15(10-24)11-26)23-28-27-13-29(23)2/h3-8,12-13,15H,9-10H2,1-2H3. The first kappa shape index (κ1) is 19.7.